The van der Waals surface area contributed by atoms with Crippen LogP contribution in [0.2, 0.25) is 0 Å². The number of fused-ring (bicyclic) bond motifs is 1. The van der Waals surface area contributed by atoms with Gasteiger partial charge in [0.2, 0.25) is 5.91 Å². The monoisotopic (exact) mass is 352 g/mol. The molecule has 0 radical (unpaired) electrons. The first kappa shape index (κ1) is 17.3. The Hall–Kier alpha value is -2.14. The van der Waals surface area contributed by atoms with E-state index >= 15 is 0 Å². The first-order valence-corrected chi connectivity index (χ1v) is 9.64. The van der Waals surface area contributed by atoms with E-state index in [9.17, 15) is 4.79 Å². The summed E-state index contributed by atoms with van der Waals surface area (Å²) in [7, 11) is 2.01. The smallest absolute Gasteiger partial charge is 0.220 e. The van der Waals surface area contributed by atoms with E-state index in [2.05, 4.69) is 58.7 Å². The summed E-state index contributed by atoms with van der Waals surface area (Å²) in [5.41, 5.74) is 2.23. The molecule has 5 heteroatoms. The molecule has 2 aliphatic rings. The maximum absolute atomic E-state index is 12.3. The summed E-state index contributed by atoms with van der Waals surface area (Å²) in [5, 5.41) is 3.37. The summed E-state index contributed by atoms with van der Waals surface area (Å²) in [4.78, 5) is 19.5. The molecule has 1 aromatic carbocycles. The highest BCUT2D eigenvalue weighted by Gasteiger charge is 2.50. The normalized spacial score (nSPS) is 29.7. The number of aryl methyl sites for hydroxylation is 1. The van der Waals surface area contributed by atoms with Gasteiger partial charge in [0.05, 0.1) is 17.6 Å². The molecule has 1 aromatic heterocycles. The fourth-order valence-electron chi connectivity index (χ4n) is 4.80. The van der Waals surface area contributed by atoms with Gasteiger partial charge in [-0.1, -0.05) is 36.8 Å². The summed E-state index contributed by atoms with van der Waals surface area (Å²) in [6.45, 7) is 3.05. The van der Waals surface area contributed by atoms with Crippen LogP contribution < -0.4 is 5.32 Å². The number of nitrogens with zero attached hydrogens (tertiary/aromatic N) is 3. The Morgan fingerprint density at radius 1 is 1.27 bits per heavy atom. The molecule has 0 unspecified atom stereocenters. The van der Waals surface area contributed by atoms with Crippen molar-refractivity contribution in [1.29, 1.82) is 0 Å². The molecule has 5 nitrogen and oxygen atoms in total. The number of carbonyl (C=O) groups excluding carboxylic acids is 1. The maximum atomic E-state index is 12.3. The van der Waals surface area contributed by atoms with Crippen molar-refractivity contribution < 1.29 is 4.79 Å². The van der Waals surface area contributed by atoms with Gasteiger partial charge in [-0.3, -0.25) is 9.69 Å². The highest BCUT2D eigenvalue weighted by atomic mass is 16.1. The Morgan fingerprint density at radius 2 is 2.08 bits per heavy atom. The van der Waals surface area contributed by atoms with Crippen molar-refractivity contribution in [2.75, 3.05) is 0 Å². The summed E-state index contributed by atoms with van der Waals surface area (Å²) in [6, 6.07) is 11.3. The number of carbonyl (C=O) groups is 1. The standard InChI is InChI=1S/C21H28N4O/c1-21-12-18(16-8-4-3-5-9-16)25(14-17-13-24(2)15-22-17)19(21)10-6-7-11-20(26)23-21/h3-5,8-9,13,15,18-19H,6-7,10-12,14H2,1-2H3,(H,23,26)/t18-,19-,21-/m0/s1. The van der Waals surface area contributed by atoms with Crippen molar-refractivity contribution in [3.8, 4) is 0 Å². The molecule has 0 saturated carbocycles. The molecular weight excluding hydrogens is 324 g/mol. The fourth-order valence-corrected chi connectivity index (χ4v) is 4.80. The molecular formula is C21H28N4O. The molecule has 2 aromatic rings. The highest BCUT2D eigenvalue weighted by molar-refractivity contribution is 5.77. The Bertz CT molecular complexity index is 771. The van der Waals surface area contributed by atoms with Gasteiger partial charge < -0.3 is 9.88 Å². The van der Waals surface area contributed by atoms with Crippen LogP contribution in [0.5, 0.6) is 0 Å². The van der Waals surface area contributed by atoms with Crippen molar-refractivity contribution in [3.05, 3.63) is 54.1 Å². The average molecular weight is 352 g/mol. The van der Waals surface area contributed by atoms with Crippen molar-refractivity contribution in [3.63, 3.8) is 0 Å². The molecule has 4 rings (SSSR count). The number of amides is 1. The highest BCUT2D eigenvalue weighted by Crippen LogP contribution is 2.45. The van der Waals surface area contributed by atoms with Gasteiger partial charge in [0, 0.05) is 38.3 Å². The van der Waals surface area contributed by atoms with E-state index < -0.39 is 0 Å². The number of rotatable bonds is 3. The number of imidazole rings is 1. The van der Waals surface area contributed by atoms with Crippen LogP contribution in [0, 0.1) is 0 Å². The summed E-state index contributed by atoms with van der Waals surface area (Å²) in [5.74, 6) is 0.198. The van der Waals surface area contributed by atoms with Gasteiger partial charge in [0.1, 0.15) is 0 Å². The summed E-state index contributed by atoms with van der Waals surface area (Å²) < 4.78 is 2.00. The largest absolute Gasteiger partial charge is 0.349 e. The zero-order valence-electron chi connectivity index (χ0n) is 15.7. The van der Waals surface area contributed by atoms with E-state index in [1.807, 2.05) is 17.9 Å². The molecule has 26 heavy (non-hydrogen) atoms. The number of hydrogen-bond acceptors (Lipinski definition) is 3. The molecule has 0 spiro atoms. The molecule has 3 atom stereocenters. The second-order valence-corrected chi connectivity index (χ2v) is 8.06. The predicted molar refractivity (Wildman–Crippen MR) is 101 cm³/mol. The minimum Gasteiger partial charge on any atom is -0.349 e. The van der Waals surface area contributed by atoms with Crippen LogP contribution in [0.3, 0.4) is 0 Å². The molecule has 0 bridgehead atoms. The van der Waals surface area contributed by atoms with Gasteiger partial charge in [0.25, 0.3) is 0 Å². The Balaban J connectivity index is 1.70. The van der Waals surface area contributed by atoms with Crippen molar-refractivity contribution in [2.24, 2.45) is 7.05 Å². The van der Waals surface area contributed by atoms with E-state index in [4.69, 9.17) is 0 Å². The van der Waals surface area contributed by atoms with E-state index in [0.717, 1.165) is 37.9 Å². The molecule has 2 saturated heterocycles. The van der Waals surface area contributed by atoms with Crippen molar-refractivity contribution in [2.45, 2.75) is 63.2 Å². The van der Waals surface area contributed by atoms with Gasteiger partial charge >= 0.3 is 0 Å². The van der Waals surface area contributed by atoms with Crippen LogP contribution in [0.15, 0.2) is 42.9 Å². The molecule has 0 aliphatic carbocycles. The lowest BCUT2D eigenvalue weighted by Gasteiger charge is -2.38. The molecule has 2 aliphatic heterocycles. The lowest BCUT2D eigenvalue weighted by molar-refractivity contribution is -0.123. The third-order valence-corrected chi connectivity index (χ3v) is 6.00. The zero-order chi connectivity index (χ0) is 18.1. The third-order valence-electron chi connectivity index (χ3n) is 6.00. The summed E-state index contributed by atoms with van der Waals surface area (Å²) in [6.07, 6.45) is 8.76. The predicted octanol–water partition coefficient (Wildman–Crippen LogP) is 3.18. The van der Waals surface area contributed by atoms with Crippen LogP contribution in [0.4, 0.5) is 0 Å². The SMILES string of the molecule is Cn1cnc(CN2[C@H]3CCCCC(=O)N[C@@]3(C)C[C@H]2c2ccccc2)c1. The number of benzene rings is 1. The average Bonchev–Trinajstić information content (AvgIpc) is 3.13. The number of aromatic nitrogens is 2. The number of nitrogens with one attached hydrogen (secondary N) is 1. The lowest BCUT2D eigenvalue weighted by atomic mass is 9.85. The van der Waals surface area contributed by atoms with Gasteiger partial charge in [-0.2, -0.15) is 0 Å². The number of hydrogen-bond donors (Lipinski definition) is 1. The Labute approximate surface area is 155 Å². The molecule has 1 amide bonds. The van der Waals surface area contributed by atoms with Gasteiger partial charge in [-0.05, 0) is 31.7 Å². The van der Waals surface area contributed by atoms with Gasteiger partial charge in [-0.25, -0.2) is 4.98 Å². The summed E-state index contributed by atoms with van der Waals surface area (Å²) >= 11 is 0. The number of likely N-dealkylation sites (tertiary alicyclic amines) is 1. The molecule has 1 N–H and O–H groups in total. The minimum atomic E-state index is -0.188. The van der Waals surface area contributed by atoms with E-state index in [-0.39, 0.29) is 11.4 Å². The molecule has 3 heterocycles. The quantitative estimate of drug-likeness (QED) is 0.923. The van der Waals surface area contributed by atoms with Gasteiger partial charge in [0.15, 0.2) is 0 Å². The molecule has 2 fully saturated rings. The fraction of sp³-hybridized carbons (Fsp3) is 0.524. The van der Waals surface area contributed by atoms with E-state index in [1.165, 1.54) is 5.56 Å². The first-order chi connectivity index (χ1) is 12.5. The lowest BCUT2D eigenvalue weighted by Crippen LogP contribution is -2.55. The zero-order valence-corrected chi connectivity index (χ0v) is 15.7. The Morgan fingerprint density at radius 3 is 2.81 bits per heavy atom. The van der Waals surface area contributed by atoms with Crippen LogP contribution in [0.25, 0.3) is 0 Å². The second kappa shape index (κ2) is 6.88. The van der Waals surface area contributed by atoms with Crippen molar-refractivity contribution >= 4 is 5.91 Å². The van der Waals surface area contributed by atoms with Gasteiger partial charge in [-0.15, -0.1) is 0 Å². The minimum absolute atomic E-state index is 0.188. The van der Waals surface area contributed by atoms with E-state index in [1.54, 1.807) is 0 Å². The van der Waals surface area contributed by atoms with Crippen LogP contribution >= 0.6 is 0 Å². The van der Waals surface area contributed by atoms with Crippen molar-refractivity contribution in [1.82, 2.24) is 19.8 Å². The molecule has 138 valence electrons. The maximum Gasteiger partial charge on any atom is 0.220 e. The van der Waals surface area contributed by atoms with Crippen LogP contribution in [0.1, 0.15) is 56.3 Å². The van der Waals surface area contributed by atoms with Crippen LogP contribution in [-0.4, -0.2) is 31.9 Å². The Kier molecular flexibility index (Phi) is 4.57. The topological polar surface area (TPSA) is 50.2 Å². The van der Waals surface area contributed by atoms with E-state index in [0.29, 0.717) is 18.5 Å². The second-order valence-electron chi connectivity index (χ2n) is 8.06. The third kappa shape index (κ3) is 3.28. The van der Waals surface area contributed by atoms with Crippen LogP contribution in [-0.2, 0) is 18.4 Å². The first-order valence-electron chi connectivity index (χ1n) is 9.64.